The van der Waals surface area contributed by atoms with Gasteiger partial charge < -0.3 is 10.1 Å². The van der Waals surface area contributed by atoms with Gasteiger partial charge in [-0.2, -0.15) is 0 Å². The molecule has 1 N–H and O–H groups in total. The second-order valence-corrected chi connectivity index (χ2v) is 8.24. The molecule has 5 aromatic rings. The molecule has 0 saturated carbocycles. The summed E-state index contributed by atoms with van der Waals surface area (Å²) >= 11 is 0. The smallest absolute Gasteiger partial charge is 0.339 e. The van der Waals surface area contributed by atoms with Crippen molar-refractivity contribution in [1.29, 1.82) is 0 Å². The molecule has 0 atom stereocenters. The number of halogens is 2. The molecule has 182 valence electrons. The zero-order valence-corrected chi connectivity index (χ0v) is 19.4. The lowest BCUT2D eigenvalue weighted by Gasteiger charge is -2.11. The highest BCUT2D eigenvalue weighted by molar-refractivity contribution is 6.05. The van der Waals surface area contributed by atoms with E-state index in [4.69, 9.17) is 9.72 Å². The van der Waals surface area contributed by atoms with Gasteiger partial charge in [0.2, 0.25) is 0 Å². The van der Waals surface area contributed by atoms with Gasteiger partial charge in [0, 0.05) is 10.9 Å². The molecule has 5 nitrogen and oxygen atoms in total. The lowest BCUT2D eigenvalue weighted by molar-refractivity contribution is -0.119. The number of nitrogens with one attached hydrogen (secondary N) is 1. The lowest BCUT2D eigenvalue weighted by atomic mass is 10.0. The third-order valence-corrected chi connectivity index (χ3v) is 5.79. The minimum atomic E-state index is -0.928. The van der Waals surface area contributed by atoms with E-state index in [1.807, 2.05) is 60.7 Å². The molecule has 0 unspecified atom stereocenters. The van der Waals surface area contributed by atoms with Crippen molar-refractivity contribution in [3.05, 3.63) is 120 Å². The van der Waals surface area contributed by atoms with Gasteiger partial charge in [0.1, 0.15) is 17.3 Å². The highest BCUT2D eigenvalue weighted by Gasteiger charge is 2.18. The standard InChI is InChI=1S/C30H20F2N2O3/c31-24-10-6-11-25(32)29(24)34-28(35)18-37-30(36)23-17-27(33-26-12-5-4-9-22(23)26)21-15-13-20(14-16-21)19-7-2-1-3-8-19/h1-17H,18H2,(H,34,35). The Balaban J connectivity index is 1.39. The molecule has 0 radical (unpaired) electrons. The lowest BCUT2D eigenvalue weighted by Crippen LogP contribution is -2.22. The molecule has 1 aromatic heterocycles. The summed E-state index contributed by atoms with van der Waals surface area (Å²) < 4.78 is 32.8. The van der Waals surface area contributed by atoms with E-state index in [2.05, 4.69) is 5.32 Å². The van der Waals surface area contributed by atoms with E-state index in [0.29, 0.717) is 16.6 Å². The van der Waals surface area contributed by atoms with Crippen molar-refractivity contribution in [3.8, 4) is 22.4 Å². The minimum absolute atomic E-state index is 0.220. The molecule has 1 heterocycles. The number of benzene rings is 4. The summed E-state index contributed by atoms with van der Waals surface area (Å²) in [6, 6.07) is 29.7. The molecule has 0 bridgehead atoms. The average Bonchev–Trinajstić information content (AvgIpc) is 2.94. The number of carbonyl (C=O) groups is 2. The summed E-state index contributed by atoms with van der Waals surface area (Å²) in [5, 5.41) is 2.65. The van der Waals surface area contributed by atoms with Crippen LogP contribution in [0.1, 0.15) is 10.4 Å². The molecule has 4 aromatic carbocycles. The number of pyridine rings is 1. The van der Waals surface area contributed by atoms with E-state index in [-0.39, 0.29) is 5.56 Å². The Kier molecular flexibility index (Phi) is 6.68. The maximum Gasteiger partial charge on any atom is 0.339 e. The molecule has 7 heteroatoms. The van der Waals surface area contributed by atoms with E-state index in [9.17, 15) is 18.4 Å². The molecular weight excluding hydrogens is 474 g/mol. The topological polar surface area (TPSA) is 68.3 Å². The summed E-state index contributed by atoms with van der Waals surface area (Å²) in [5.74, 6) is -3.48. The molecule has 0 aliphatic heterocycles. The summed E-state index contributed by atoms with van der Waals surface area (Å²) in [6.07, 6.45) is 0. The van der Waals surface area contributed by atoms with Crippen molar-refractivity contribution < 1.29 is 23.1 Å². The molecule has 37 heavy (non-hydrogen) atoms. The number of hydrogen-bond donors (Lipinski definition) is 1. The SMILES string of the molecule is O=C(COC(=O)c1cc(-c2ccc(-c3ccccc3)cc2)nc2ccccc12)Nc1c(F)cccc1F. The minimum Gasteiger partial charge on any atom is -0.452 e. The molecule has 0 saturated heterocycles. The Hall–Kier alpha value is -4.91. The van der Waals surface area contributed by atoms with Gasteiger partial charge in [0.15, 0.2) is 6.61 Å². The fraction of sp³-hybridized carbons (Fsp3) is 0.0333. The second-order valence-electron chi connectivity index (χ2n) is 8.24. The van der Waals surface area contributed by atoms with Gasteiger partial charge in [-0.05, 0) is 35.4 Å². The number of esters is 1. The van der Waals surface area contributed by atoms with Crippen LogP contribution in [0.3, 0.4) is 0 Å². The third kappa shape index (κ3) is 5.21. The normalized spacial score (nSPS) is 10.8. The number of anilines is 1. The average molecular weight is 494 g/mol. The Labute approximate surface area is 211 Å². The van der Waals surface area contributed by atoms with Crippen LogP contribution in [0.5, 0.6) is 0 Å². The van der Waals surface area contributed by atoms with Gasteiger partial charge in [-0.15, -0.1) is 0 Å². The van der Waals surface area contributed by atoms with Gasteiger partial charge in [0.05, 0.1) is 16.8 Å². The van der Waals surface area contributed by atoms with E-state index in [1.165, 1.54) is 6.07 Å². The first kappa shape index (κ1) is 23.8. The first-order chi connectivity index (χ1) is 18.0. The quantitative estimate of drug-likeness (QED) is 0.269. The number of ether oxygens (including phenoxy) is 1. The van der Waals surface area contributed by atoms with Crippen molar-refractivity contribution in [2.45, 2.75) is 0 Å². The highest BCUT2D eigenvalue weighted by Crippen LogP contribution is 2.28. The fourth-order valence-electron chi connectivity index (χ4n) is 3.96. The van der Waals surface area contributed by atoms with E-state index >= 15 is 0 Å². The fourth-order valence-corrected chi connectivity index (χ4v) is 3.96. The number of hydrogen-bond acceptors (Lipinski definition) is 4. The van der Waals surface area contributed by atoms with Crippen LogP contribution in [-0.4, -0.2) is 23.5 Å². The Bertz CT molecular complexity index is 1580. The molecule has 5 rings (SSSR count). The van der Waals surface area contributed by atoms with E-state index in [0.717, 1.165) is 28.8 Å². The van der Waals surface area contributed by atoms with Crippen molar-refractivity contribution in [1.82, 2.24) is 4.98 Å². The van der Waals surface area contributed by atoms with Gasteiger partial charge >= 0.3 is 5.97 Å². The van der Waals surface area contributed by atoms with Crippen molar-refractivity contribution >= 4 is 28.5 Å². The first-order valence-electron chi connectivity index (χ1n) is 11.5. The number of rotatable bonds is 6. The zero-order valence-electron chi connectivity index (χ0n) is 19.4. The van der Waals surface area contributed by atoms with Crippen molar-refractivity contribution in [2.24, 2.45) is 0 Å². The number of amides is 1. The van der Waals surface area contributed by atoms with Crippen LogP contribution in [0.15, 0.2) is 103 Å². The maximum absolute atomic E-state index is 13.8. The maximum atomic E-state index is 13.8. The largest absolute Gasteiger partial charge is 0.452 e. The molecule has 1 amide bonds. The van der Waals surface area contributed by atoms with Gasteiger partial charge in [-0.1, -0.05) is 78.9 Å². The summed E-state index contributed by atoms with van der Waals surface area (Å²) in [5.41, 5.74) is 3.68. The van der Waals surface area contributed by atoms with Crippen LogP contribution < -0.4 is 5.32 Å². The second kappa shape index (κ2) is 10.4. The summed E-state index contributed by atoms with van der Waals surface area (Å²) in [6.45, 7) is -0.718. The van der Waals surface area contributed by atoms with Gasteiger partial charge in [0.25, 0.3) is 5.91 Å². The van der Waals surface area contributed by atoms with Crippen LogP contribution in [0.4, 0.5) is 14.5 Å². The van der Waals surface area contributed by atoms with Crippen LogP contribution in [0.2, 0.25) is 0 Å². The Morgan fingerprint density at radius 1 is 0.730 bits per heavy atom. The zero-order chi connectivity index (χ0) is 25.8. The highest BCUT2D eigenvalue weighted by atomic mass is 19.1. The predicted octanol–water partition coefficient (Wildman–Crippen LogP) is 6.64. The Morgan fingerprint density at radius 2 is 1.35 bits per heavy atom. The van der Waals surface area contributed by atoms with Crippen LogP contribution in [-0.2, 0) is 9.53 Å². The van der Waals surface area contributed by atoms with Crippen LogP contribution in [0, 0.1) is 11.6 Å². The monoisotopic (exact) mass is 494 g/mol. The first-order valence-corrected chi connectivity index (χ1v) is 11.5. The van der Waals surface area contributed by atoms with Crippen LogP contribution in [0.25, 0.3) is 33.3 Å². The van der Waals surface area contributed by atoms with Crippen molar-refractivity contribution in [3.63, 3.8) is 0 Å². The number of nitrogens with zero attached hydrogens (tertiary/aromatic N) is 1. The Morgan fingerprint density at radius 3 is 2.08 bits per heavy atom. The molecule has 0 spiro atoms. The van der Waals surface area contributed by atoms with Gasteiger partial charge in [-0.25, -0.2) is 18.6 Å². The van der Waals surface area contributed by atoms with Crippen molar-refractivity contribution in [2.75, 3.05) is 11.9 Å². The number of aromatic nitrogens is 1. The van der Waals surface area contributed by atoms with E-state index in [1.54, 1.807) is 24.3 Å². The molecule has 0 aliphatic rings. The third-order valence-electron chi connectivity index (χ3n) is 5.79. The number of carbonyl (C=O) groups excluding carboxylic acids is 2. The summed E-state index contributed by atoms with van der Waals surface area (Å²) in [4.78, 5) is 29.9. The molecular formula is C30H20F2N2O3. The number of para-hydroxylation sites is 2. The van der Waals surface area contributed by atoms with Gasteiger partial charge in [-0.3, -0.25) is 4.79 Å². The van der Waals surface area contributed by atoms with E-state index < -0.39 is 35.8 Å². The predicted molar refractivity (Wildman–Crippen MR) is 138 cm³/mol. The molecule has 0 aliphatic carbocycles. The van der Waals surface area contributed by atoms with Crippen LogP contribution >= 0.6 is 0 Å². The summed E-state index contributed by atoms with van der Waals surface area (Å²) in [7, 11) is 0. The number of fused-ring (bicyclic) bond motifs is 1. The molecule has 0 fully saturated rings.